The number of carbonyl (C=O) groups is 2. The van der Waals surface area contributed by atoms with Crippen LogP contribution in [0.1, 0.15) is 10.5 Å². The van der Waals surface area contributed by atoms with E-state index in [1.807, 2.05) is 16.8 Å². The first-order valence-electron chi connectivity index (χ1n) is 5.73. The first-order valence-corrected chi connectivity index (χ1v) is 7.55. The number of aromatic nitrogens is 1. The van der Waals surface area contributed by atoms with Crippen LogP contribution in [0.15, 0.2) is 34.9 Å². The summed E-state index contributed by atoms with van der Waals surface area (Å²) in [6.07, 6.45) is 1.55. The van der Waals surface area contributed by atoms with Crippen LogP contribution in [0.4, 0.5) is 0 Å². The Kier molecular flexibility index (Phi) is 5.03. The summed E-state index contributed by atoms with van der Waals surface area (Å²) in [7, 11) is 0. The summed E-state index contributed by atoms with van der Waals surface area (Å²) in [6, 6.07) is 1.93. The molecule has 0 saturated heterocycles. The number of carbonyl (C=O) groups excluding carboxylic acids is 2. The molecule has 2 heterocycles. The van der Waals surface area contributed by atoms with Gasteiger partial charge in [-0.1, -0.05) is 6.08 Å². The number of esters is 1. The number of thiazole rings is 1. The van der Waals surface area contributed by atoms with Crippen molar-refractivity contribution in [1.29, 1.82) is 0 Å². The third-order valence-electron chi connectivity index (χ3n) is 2.26. The van der Waals surface area contributed by atoms with Crippen molar-refractivity contribution in [3.8, 4) is 10.6 Å². The Bertz CT molecular complexity index is 605. The summed E-state index contributed by atoms with van der Waals surface area (Å²) in [4.78, 5) is 27.2. The maximum absolute atomic E-state index is 11.7. The molecule has 1 amide bonds. The van der Waals surface area contributed by atoms with Gasteiger partial charge in [0.15, 0.2) is 12.3 Å². The highest BCUT2D eigenvalue weighted by Gasteiger charge is 2.14. The van der Waals surface area contributed by atoms with E-state index < -0.39 is 5.97 Å². The molecule has 5 nitrogen and oxygen atoms in total. The van der Waals surface area contributed by atoms with Gasteiger partial charge in [0.2, 0.25) is 0 Å². The summed E-state index contributed by atoms with van der Waals surface area (Å²) in [6.45, 7) is 3.49. The average molecular weight is 308 g/mol. The zero-order chi connectivity index (χ0) is 14.4. The number of amides is 1. The van der Waals surface area contributed by atoms with Crippen molar-refractivity contribution in [2.45, 2.75) is 0 Å². The van der Waals surface area contributed by atoms with Crippen LogP contribution < -0.4 is 5.32 Å². The van der Waals surface area contributed by atoms with E-state index >= 15 is 0 Å². The Hall–Kier alpha value is -1.99. The van der Waals surface area contributed by atoms with Gasteiger partial charge in [0.05, 0.1) is 0 Å². The van der Waals surface area contributed by atoms with Crippen molar-refractivity contribution >= 4 is 34.6 Å². The molecule has 0 bridgehead atoms. The Morgan fingerprint density at radius 1 is 1.45 bits per heavy atom. The molecule has 0 atom stereocenters. The van der Waals surface area contributed by atoms with E-state index in [-0.39, 0.29) is 18.2 Å². The molecule has 0 aliphatic carbocycles. The van der Waals surface area contributed by atoms with Crippen LogP contribution in [0.2, 0.25) is 0 Å². The highest BCUT2D eigenvalue weighted by molar-refractivity contribution is 7.14. The number of hydrogen-bond acceptors (Lipinski definition) is 6. The molecule has 0 radical (unpaired) electrons. The standard InChI is InChI=1S/C13H12N2O3S2/c1-2-4-14-11(16)6-18-13(17)10-8-20-12(15-10)9-3-5-19-7-9/h2-3,5,7-8H,1,4,6H2,(H,14,16). The van der Waals surface area contributed by atoms with Crippen LogP contribution in [0.3, 0.4) is 0 Å². The average Bonchev–Trinajstić information content (AvgIpc) is 3.11. The summed E-state index contributed by atoms with van der Waals surface area (Å²) < 4.78 is 4.88. The second-order valence-corrected chi connectivity index (χ2v) is 5.36. The molecule has 7 heteroatoms. The minimum atomic E-state index is -0.600. The van der Waals surface area contributed by atoms with Gasteiger partial charge in [-0.3, -0.25) is 4.79 Å². The van der Waals surface area contributed by atoms with Gasteiger partial charge in [0.25, 0.3) is 5.91 Å². The fraction of sp³-hybridized carbons (Fsp3) is 0.154. The van der Waals surface area contributed by atoms with Crippen LogP contribution in [0.5, 0.6) is 0 Å². The number of ether oxygens (including phenoxy) is 1. The molecule has 0 spiro atoms. The van der Waals surface area contributed by atoms with Crippen LogP contribution in [0.25, 0.3) is 10.6 Å². The molecular formula is C13H12N2O3S2. The lowest BCUT2D eigenvalue weighted by atomic mass is 10.3. The largest absolute Gasteiger partial charge is 0.451 e. The van der Waals surface area contributed by atoms with Crippen LogP contribution in [-0.2, 0) is 9.53 Å². The summed E-state index contributed by atoms with van der Waals surface area (Å²) in [5.41, 5.74) is 1.19. The van der Waals surface area contributed by atoms with E-state index in [1.165, 1.54) is 11.3 Å². The van der Waals surface area contributed by atoms with Gasteiger partial charge < -0.3 is 10.1 Å². The smallest absolute Gasteiger partial charge is 0.358 e. The quantitative estimate of drug-likeness (QED) is 0.657. The van der Waals surface area contributed by atoms with Gasteiger partial charge in [-0.25, -0.2) is 9.78 Å². The number of thiophene rings is 1. The second kappa shape index (κ2) is 6.97. The normalized spacial score (nSPS) is 10.0. The highest BCUT2D eigenvalue weighted by Crippen LogP contribution is 2.25. The molecule has 0 aliphatic rings. The third kappa shape index (κ3) is 3.75. The van der Waals surface area contributed by atoms with Crippen LogP contribution in [-0.4, -0.2) is 30.0 Å². The summed E-state index contributed by atoms with van der Waals surface area (Å²) in [5.74, 6) is -0.969. The Morgan fingerprint density at radius 2 is 2.30 bits per heavy atom. The van der Waals surface area contributed by atoms with E-state index in [2.05, 4.69) is 16.9 Å². The van der Waals surface area contributed by atoms with Gasteiger partial charge in [0.1, 0.15) is 5.01 Å². The van der Waals surface area contributed by atoms with Crippen LogP contribution in [0, 0.1) is 0 Å². The number of hydrogen-bond donors (Lipinski definition) is 1. The predicted octanol–water partition coefficient (Wildman–Crippen LogP) is 2.33. The zero-order valence-electron chi connectivity index (χ0n) is 10.5. The molecule has 2 aromatic heterocycles. The minimum absolute atomic E-state index is 0.215. The fourth-order valence-corrected chi connectivity index (χ4v) is 2.83. The van der Waals surface area contributed by atoms with Gasteiger partial charge in [-0.2, -0.15) is 11.3 Å². The van der Waals surface area contributed by atoms with Crippen molar-refractivity contribution in [3.63, 3.8) is 0 Å². The third-order valence-corrected chi connectivity index (χ3v) is 3.83. The van der Waals surface area contributed by atoms with Crippen molar-refractivity contribution in [2.24, 2.45) is 0 Å². The van der Waals surface area contributed by atoms with Crippen molar-refractivity contribution in [3.05, 3.63) is 40.6 Å². The van der Waals surface area contributed by atoms with Crippen molar-refractivity contribution in [1.82, 2.24) is 10.3 Å². The minimum Gasteiger partial charge on any atom is -0.451 e. The Morgan fingerprint density at radius 3 is 3.00 bits per heavy atom. The fourth-order valence-electron chi connectivity index (χ4n) is 1.33. The lowest BCUT2D eigenvalue weighted by molar-refractivity contribution is -0.124. The lowest BCUT2D eigenvalue weighted by Crippen LogP contribution is -2.28. The molecule has 0 aromatic carbocycles. The number of rotatable bonds is 6. The van der Waals surface area contributed by atoms with Gasteiger partial charge in [0, 0.05) is 22.9 Å². The lowest BCUT2D eigenvalue weighted by Gasteiger charge is -2.02. The van der Waals surface area contributed by atoms with Gasteiger partial charge in [-0.05, 0) is 11.4 Å². The Labute approximate surface area is 123 Å². The zero-order valence-corrected chi connectivity index (χ0v) is 12.1. The number of nitrogens with zero attached hydrogens (tertiary/aromatic N) is 1. The molecule has 0 unspecified atom stereocenters. The molecular weight excluding hydrogens is 296 g/mol. The van der Waals surface area contributed by atoms with E-state index in [0.29, 0.717) is 6.54 Å². The molecule has 0 aliphatic heterocycles. The first-order chi connectivity index (χ1) is 9.70. The molecule has 20 heavy (non-hydrogen) atoms. The van der Waals surface area contributed by atoms with E-state index in [4.69, 9.17) is 4.74 Å². The molecule has 1 N–H and O–H groups in total. The maximum Gasteiger partial charge on any atom is 0.358 e. The Balaban J connectivity index is 1.90. The summed E-state index contributed by atoms with van der Waals surface area (Å²) in [5, 5.41) is 8.79. The van der Waals surface area contributed by atoms with E-state index in [0.717, 1.165) is 10.6 Å². The van der Waals surface area contributed by atoms with Crippen molar-refractivity contribution in [2.75, 3.05) is 13.2 Å². The SMILES string of the molecule is C=CCNC(=O)COC(=O)c1csc(-c2ccsc2)n1. The molecule has 0 saturated carbocycles. The van der Waals surface area contributed by atoms with E-state index in [9.17, 15) is 9.59 Å². The van der Waals surface area contributed by atoms with Gasteiger partial charge >= 0.3 is 5.97 Å². The summed E-state index contributed by atoms with van der Waals surface area (Å²) >= 11 is 2.93. The highest BCUT2D eigenvalue weighted by atomic mass is 32.1. The molecule has 0 fully saturated rings. The molecule has 2 rings (SSSR count). The second-order valence-electron chi connectivity index (χ2n) is 3.72. The van der Waals surface area contributed by atoms with Crippen molar-refractivity contribution < 1.29 is 14.3 Å². The van der Waals surface area contributed by atoms with Gasteiger partial charge in [-0.15, -0.1) is 17.9 Å². The van der Waals surface area contributed by atoms with Crippen LogP contribution >= 0.6 is 22.7 Å². The predicted molar refractivity (Wildman–Crippen MR) is 78.9 cm³/mol. The number of nitrogens with one attached hydrogen (secondary N) is 1. The molecule has 104 valence electrons. The molecule has 2 aromatic rings. The maximum atomic E-state index is 11.7. The monoisotopic (exact) mass is 308 g/mol. The first kappa shape index (κ1) is 14.4. The van der Waals surface area contributed by atoms with E-state index in [1.54, 1.807) is 22.8 Å². The topological polar surface area (TPSA) is 68.3 Å².